The van der Waals surface area contributed by atoms with Gasteiger partial charge in [0.25, 0.3) is 10.0 Å². The lowest BCUT2D eigenvalue weighted by Crippen LogP contribution is -2.31. The van der Waals surface area contributed by atoms with Crippen LogP contribution in [0.25, 0.3) is 11.1 Å². The van der Waals surface area contributed by atoms with Crippen molar-refractivity contribution in [2.45, 2.75) is 17.9 Å². The van der Waals surface area contributed by atoms with Crippen molar-refractivity contribution in [1.29, 1.82) is 0 Å². The van der Waals surface area contributed by atoms with Crippen molar-refractivity contribution in [3.05, 3.63) is 109 Å². The Morgan fingerprint density at radius 2 is 1.44 bits per heavy atom. The molecule has 1 atom stereocenters. The van der Waals surface area contributed by atoms with Crippen LogP contribution in [0, 0.1) is 0 Å². The molecule has 0 fully saturated rings. The van der Waals surface area contributed by atoms with Crippen LogP contribution in [0.15, 0.2) is 108 Å². The summed E-state index contributed by atoms with van der Waals surface area (Å²) >= 11 is 0. The van der Waals surface area contributed by atoms with Gasteiger partial charge in [0.2, 0.25) is 0 Å². The Labute approximate surface area is 198 Å². The predicted octanol–water partition coefficient (Wildman–Crippen LogP) is 5.43. The molecule has 0 saturated heterocycles. The minimum atomic E-state index is -3.81. The van der Waals surface area contributed by atoms with Crippen molar-refractivity contribution in [2.75, 3.05) is 10.0 Å². The number of hydrogen-bond acceptors (Lipinski definition) is 4. The van der Waals surface area contributed by atoms with E-state index in [9.17, 15) is 13.2 Å². The SMILES string of the molecule is C[C@H](NC(=O)Nc1ccncc1)c1ccc(NS(=O)(=O)c2ccccc2-c2ccccc2)cc1. The van der Waals surface area contributed by atoms with E-state index < -0.39 is 10.0 Å². The number of anilines is 2. The van der Waals surface area contributed by atoms with Gasteiger partial charge < -0.3 is 10.6 Å². The number of hydrogen-bond donors (Lipinski definition) is 3. The highest BCUT2D eigenvalue weighted by Gasteiger charge is 2.19. The molecule has 0 radical (unpaired) electrons. The lowest BCUT2D eigenvalue weighted by atomic mass is 10.1. The maximum absolute atomic E-state index is 13.2. The van der Waals surface area contributed by atoms with E-state index >= 15 is 0 Å². The minimum absolute atomic E-state index is 0.202. The van der Waals surface area contributed by atoms with E-state index in [0.717, 1.165) is 11.1 Å². The van der Waals surface area contributed by atoms with Crippen LogP contribution in [-0.4, -0.2) is 19.4 Å². The van der Waals surface area contributed by atoms with Gasteiger partial charge in [0.1, 0.15) is 0 Å². The summed E-state index contributed by atoms with van der Waals surface area (Å²) in [6.07, 6.45) is 3.19. The van der Waals surface area contributed by atoms with Crippen LogP contribution >= 0.6 is 0 Å². The Balaban J connectivity index is 1.45. The van der Waals surface area contributed by atoms with Crippen LogP contribution in [-0.2, 0) is 10.0 Å². The number of nitrogens with one attached hydrogen (secondary N) is 3. The van der Waals surface area contributed by atoms with Gasteiger partial charge >= 0.3 is 6.03 Å². The number of urea groups is 1. The Kier molecular flexibility index (Phi) is 6.89. The quantitative estimate of drug-likeness (QED) is 0.334. The number of carbonyl (C=O) groups excluding carboxylic acids is 1. The second-order valence-corrected chi connectivity index (χ2v) is 9.30. The average molecular weight is 473 g/mol. The average Bonchev–Trinajstić information content (AvgIpc) is 2.85. The van der Waals surface area contributed by atoms with Crippen molar-refractivity contribution in [3.8, 4) is 11.1 Å². The van der Waals surface area contributed by atoms with Gasteiger partial charge in [0.15, 0.2) is 0 Å². The number of nitrogens with zero attached hydrogens (tertiary/aromatic N) is 1. The molecule has 0 saturated carbocycles. The third-order valence-corrected chi connectivity index (χ3v) is 6.65. The van der Waals surface area contributed by atoms with Crippen LogP contribution in [0.4, 0.5) is 16.2 Å². The second kappa shape index (κ2) is 10.2. The summed E-state index contributed by atoms with van der Waals surface area (Å²) in [7, 11) is -3.81. The van der Waals surface area contributed by atoms with E-state index in [2.05, 4.69) is 20.3 Å². The van der Waals surface area contributed by atoms with Crippen LogP contribution in [0.5, 0.6) is 0 Å². The summed E-state index contributed by atoms with van der Waals surface area (Å²) in [4.78, 5) is 16.3. The number of pyridine rings is 1. The monoisotopic (exact) mass is 472 g/mol. The van der Waals surface area contributed by atoms with Gasteiger partial charge in [-0.25, -0.2) is 13.2 Å². The number of benzene rings is 3. The molecule has 4 rings (SSSR count). The highest BCUT2D eigenvalue weighted by Crippen LogP contribution is 2.28. The van der Waals surface area contributed by atoms with Crippen molar-refractivity contribution in [1.82, 2.24) is 10.3 Å². The fourth-order valence-corrected chi connectivity index (χ4v) is 4.78. The molecule has 4 aromatic rings. The molecular weight excluding hydrogens is 448 g/mol. The predicted molar refractivity (Wildman–Crippen MR) is 134 cm³/mol. The second-order valence-electron chi connectivity index (χ2n) is 7.65. The van der Waals surface area contributed by atoms with E-state index in [4.69, 9.17) is 0 Å². The molecule has 34 heavy (non-hydrogen) atoms. The van der Waals surface area contributed by atoms with Gasteiger partial charge in [-0.2, -0.15) is 0 Å². The zero-order valence-electron chi connectivity index (χ0n) is 18.5. The number of amides is 2. The van der Waals surface area contributed by atoms with Crippen LogP contribution in [0.1, 0.15) is 18.5 Å². The van der Waals surface area contributed by atoms with E-state index in [-0.39, 0.29) is 17.0 Å². The summed E-state index contributed by atoms with van der Waals surface area (Å²) in [6, 6.07) is 26.0. The van der Waals surface area contributed by atoms with Crippen LogP contribution in [0.3, 0.4) is 0 Å². The third-order valence-electron chi connectivity index (χ3n) is 5.21. The molecule has 0 spiro atoms. The molecule has 0 unspecified atom stereocenters. The molecule has 1 heterocycles. The summed E-state index contributed by atoms with van der Waals surface area (Å²) in [6.45, 7) is 1.85. The smallest absolute Gasteiger partial charge is 0.319 e. The van der Waals surface area contributed by atoms with Crippen LogP contribution < -0.4 is 15.4 Å². The normalized spacial score (nSPS) is 11.9. The fraction of sp³-hybridized carbons (Fsp3) is 0.0769. The van der Waals surface area contributed by atoms with Crippen LogP contribution in [0.2, 0.25) is 0 Å². The number of carbonyl (C=O) groups is 1. The maximum atomic E-state index is 13.2. The standard InChI is InChI=1S/C26H24N4O3S/c1-19(28-26(31)29-22-15-17-27-18-16-22)20-11-13-23(14-12-20)30-34(32,33)25-10-6-5-9-24(25)21-7-3-2-4-8-21/h2-19,30H,1H3,(H2,27,28,29,31)/t19-/m0/s1. The van der Waals surface area contributed by atoms with Gasteiger partial charge in [-0.3, -0.25) is 9.71 Å². The lowest BCUT2D eigenvalue weighted by Gasteiger charge is -2.16. The van der Waals surface area contributed by atoms with E-state index in [0.29, 0.717) is 16.9 Å². The number of rotatable bonds is 7. The van der Waals surface area contributed by atoms with Crippen molar-refractivity contribution in [3.63, 3.8) is 0 Å². The fourth-order valence-electron chi connectivity index (χ4n) is 3.49. The number of sulfonamides is 1. The largest absolute Gasteiger partial charge is 0.331 e. The minimum Gasteiger partial charge on any atom is -0.331 e. The van der Waals surface area contributed by atoms with Gasteiger partial charge in [0.05, 0.1) is 10.9 Å². The van der Waals surface area contributed by atoms with Gasteiger partial charge in [-0.05, 0) is 48.4 Å². The molecule has 172 valence electrons. The Bertz CT molecular complexity index is 1360. The zero-order chi connectivity index (χ0) is 24.0. The summed E-state index contributed by atoms with van der Waals surface area (Å²) in [5.74, 6) is 0. The maximum Gasteiger partial charge on any atom is 0.319 e. The van der Waals surface area contributed by atoms with E-state index in [1.165, 1.54) is 0 Å². The lowest BCUT2D eigenvalue weighted by molar-refractivity contribution is 0.249. The van der Waals surface area contributed by atoms with E-state index in [1.807, 2.05) is 43.3 Å². The highest BCUT2D eigenvalue weighted by atomic mass is 32.2. The van der Waals surface area contributed by atoms with E-state index in [1.54, 1.807) is 67.0 Å². The molecule has 3 aromatic carbocycles. The summed E-state index contributed by atoms with van der Waals surface area (Å²) < 4.78 is 29.0. The zero-order valence-corrected chi connectivity index (χ0v) is 19.3. The first-order valence-electron chi connectivity index (χ1n) is 10.7. The molecule has 1 aromatic heterocycles. The molecule has 0 aliphatic carbocycles. The summed E-state index contributed by atoms with van der Waals surface area (Å²) in [5.41, 5.74) is 3.35. The van der Waals surface area contributed by atoms with Crippen molar-refractivity contribution < 1.29 is 13.2 Å². The molecule has 0 aliphatic heterocycles. The molecule has 3 N–H and O–H groups in total. The molecule has 0 bridgehead atoms. The first-order valence-corrected chi connectivity index (χ1v) is 12.2. The first-order chi connectivity index (χ1) is 16.4. The Morgan fingerprint density at radius 3 is 2.15 bits per heavy atom. The Hall–Kier alpha value is -4.17. The van der Waals surface area contributed by atoms with Crippen molar-refractivity contribution in [2.24, 2.45) is 0 Å². The molecule has 2 amide bonds. The third kappa shape index (κ3) is 5.60. The molecular formula is C26H24N4O3S. The highest BCUT2D eigenvalue weighted by molar-refractivity contribution is 7.92. The topological polar surface area (TPSA) is 100 Å². The van der Waals surface area contributed by atoms with Gasteiger partial charge in [-0.1, -0.05) is 60.7 Å². The molecule has 7 nitrogen and oxygen atoms in total. The number of aromatic nitrogens is 1. The summed E-state index contributed by atoms with van der Waals surface area (Å²) in [5, 5.41) is 5.59. The van der Waals surface area contributed by atoms with Gasteiger partial charge in [0, 0.05) is 29.3 Å². The van der Waals surface area contributed by atoms with Gasteiger partial charge in [-0.15, -0.1) is 0 Å². The first kappa shape index (κ1) is 23.0. The van der Waals surface area contributed by atoms with Crippen molar-refractivity contribution >= 4 is 27.4 Å². The Morgan fingerprint density at radius 1 is 0.794 bits per heavy atom. The molecule has 8 heteroatoms. The molecule has 0 aliphatic rings.